The third-order valence-corrected chi connectivity index (χ3v) is 2.38. The highest BCUT2D eigenvalue weighted by atomic mass is 79.9. The Labute approximate surface area is 106 Å². The van der Waals surface area contributed by atoms with Gasteiger partial charge in [-0.15, -0.1) is 0 Å². The summed E-state index contributed by atoms with van der Waals surface area (Å²) in [4.78, 5) is 19.6. The van der Waals surface area contributed by atoms with Crippen LogP contribution in [-0.4, -0.2) is 21.0 Å². The van der Waals surface area contributed by atoms with Crippen molar-refractivity contribution < 1.29 is 9.90 Å². The van der Waals surface area contributed by atoms with Gasteiger partial charge in [-0.05, 0) is 34.1 Å². The largest absolute Gasteiger partial charge is 0.508 e. The summed E-state index contributed by atoms with van der Waals surface area (Å²) < 4.78 is 0.591. The quantitative estimate of drug-likeness (QED) is 0.890. The molecule has 17 heavy (non-hydrogen) atoms. The van der Waals surface area contributed by atoms with E-state index in [0.29, 0.717) is 16.0 Å². The fourth-order valence-electron chi connectivity index (χ4n) is 1.21. The van der Waals surface area contributed by atoms with E-state index in [4.69, 9.17) is 0 Å². The Bertz CT molecular complexity index is 543. The molecule has 0 aliphatic rings. The molecule has 1 aromatic carbocycles. The van der Waals surface area contributed by atoms with Gasteiger partial charge in [0.25, 0.3) is 5.91 Å². The van der Waals surface area contributed by atoms with Crippen LogP contribution in [0.1, 0.15) is 10.4 Å². The SMILES string of the molecule is O=C(Nc1cnc(Br)cn1)c1cccc(O)c1. The Morgan fingerprint density at radius 2 is 2.12 bits per heavy atom. The third kappa shape index (κ3) is 3.01. The monoisotopic (exact) mass is 293 g/mol. The summed E-state index contributed by atoms with van der Waals surface area (Å²) in [5, 5.41) is 11.8. The van der Waals surface area contributed by atoms with Crippen LogP contribution >= 0.6 is 15.9 Å². The van der Waals surface area contributed by atoms with Crippen molar-refractivity contribution >= 4 is 27.7 Å². The fourth-order valence-corrected chi connectivity index (χ4v) is 1.42. The first-order valence-electron chi connectivity index (χ1n) is 4.73. The number of carbonyl (C=O) groups is 1. The lowest BCUT2D eigenvalue weighted by molar-refractivity contribution is 0.102. The number of hydrogen-bond acceptors (Lipinski definition) is 4. The maximum Gasteiger partial charge on any atom is 0.256 e. The summed E-state index contributed by atoms with van der Waals surface area (Å²) in [6.07, 6.45) is 2.92. The number of carbonyl (C=O) groups excluding carboxylic acids is 1. The number of hydrogen-bond donors (Lipinski definition) is 2. The summed E-state index contributed by atoms with van der Waals surface area (Å²) in [6.45, 7) is 0. The van der Waals surface area contributed by atoms with Gasteiger partial charge in [0.15, 0.2) is 5.82 Å². The molecular weight excluding hydrogens is 286 g/mol. The summed E-state index contributed by atoms with van der Waals surface area (Å²) in [5.74, 6) is 0.0404. The van der Waals surface area contributed by atoms with Crippen LogP contribution in [0.3, 0.4) is 0 Å². The molecule has 5 nitrogen and oxygen atoms in total. The second-order valence-corrected chi connectivity index (χ2v) is 4.04. The Morgan fingerprint density at radius 1 is 1.29 bits per heavy atom. The molecule has 0 fully saturated rings. The van der Waals surface area contributed by atoms with Crippen molar-refractivity contribution in [3.63, 3.8) is 0 Å². The van der Waals surface area contributed by atoms with Gasteiger partial charge in [0, 0.05) is 5.56 Å². The number of phenolic OH excluding ortho intramolecular Hbond substituents is 1. The minimum atomic E-state index is -0.350. The smallest absolute Gasteiger partial charge is 0.256 e. The van der Waals surface area contributed by atoms with Gasteiger partial charge in [-0.25, -0.2) is 9.97 Å². The molecule has 6 heteroatoms. The average molecular weight is 294 g/mol. The van der Waals surface area contributed by atoms with Gasteiger partial charge in [0.1, 0.15) is 10.4 Å². The van der Waals surface area contributed by atoms with Crippen LogP contribution in [0.2, 0.25) is 0 Å². The molecule has 0 radical (unpaired) electrons. The summed E-state index contributed by atoms with van der Waals surface area (Å²) in [5.41, 5.74) is 0.356. The van der Waals surface area contributed by atoms with Crippen molar-refractivity contribution in [2.24, 2.45) is 0 Å². The zero-order valence-electron chi connectivity index (χ0n) is 8.59. The molecule has 0 spiro atoms. The van der Waals surface area contributed by atoms with Gasteiger partial charge in [0.2, 0.25) is 0 Å². The molecule has 1 aromatic heterocycles. The first kappa shape index (κ1) is 11.5. The second kappa shape index (κ2) is 4.92. The minimum Gasteiger partial charge on any atom is -0.508 e. The van der Waals surface area contributed by atoms with Gasteiger partial charge >= 0.3 is 0 Å². The standard InChI is InChI=1S/C11H8BrN3O2/c12-9-5-14-10(6-13-9)15-11(17)7-2-1-3-8(16)4-7/h1-6,16H,(H,14,15,17). The van der Waals surface area contributed by atoms with Gasteiger partial charge in [0.05, 0.1) is 12.4 Å². The van der Waals surface area contributed by atoms with Gasteiger partial charge < -0.3 is 10.4 Å². The molecule has 2 N–H and O–H groups in total. The Kier molecular flexibility index (Phi) is 3.34. The summed E-state index contributed by atoms with van der Waals surface area (Å²) >= 11 is 3.15. The molecule has 0 unspecified atom stereocenters. The number of aromatic hydroxyl groups is 1. The lowest BCUT2D eigenvalue weighted by atomic mass is 10.2. The van der Waals surface area contributed by atoms with Crippen molar-refractivity contribution in [3.05, 3.63) is 46.8 Å². The van der Waals surface area contributed by atoms with E-state index < -0.39 is 0 Å². The van der Waals surface area contributed by atoms with Crippen LogP contribution in [0, 0.1) is 0 Å². The number of benzene rings is 1. The van der Waals surface area contributed by atoms with E-state index in [9.17, 15) is 9.90 Å². The fraction of sp³-hybridized carbons (Fsp3) is 0. The molecule has 1 amide bonds. The van der Waals surface area contributed by atoms with Crippen LogP contribution in [0.5, 0.6) is 5.75 Å². The van der Waals surface area contributed by atoms with E-state index in [0.717, 1.165) is 0 Å². The van der Waals surface area contributed by atoms with Crippen molar-refractivity contribution in [1.29, 1.82) is 0 Å². The van der Waals surface area contributed by atoms with Crippen LogP contribution in [0.25, 0.3) is 0 Å². The molecule has 0 atom stereocenters. The van der Waals surface area contributed by atoms with E-state index >= 15 is 0 Å². The third-order valence-electron chi connectivity index (χ3n) is 1.97. The maximum atomic E-state index is 11.7. The number of anilines is 1. The normalized spacial score (nSPS) is 9.94. The number of aromatic nitrogens is 2. The van der Waals surface area contributed by atoms with E-state index in [1.165, 1.54) is 24.5 Å². The second-order valence-electron chi connectivity index (χ2n) is 3.23. The summed E-state index contributed by atoms with van der Waals surface area (Å²) in [6, 6.07) is 6.07. The zero-order valence-corrected chi connectivity index (χ0v) is 10.2. The lowest BCUT2D eigenvalue weighted by Gasteiger charge is -2.04. The first-order valence-corrected chi connectivity index (χ1v) is 5.52. The van der Waals surface area contributed by atoms with Crippen molar-refractivity contribution in [3.8, 4) is 5.75 Å². The van der Waals surface area contributed by atoms with Crippen LogP contribution < -0.4 is 5.32 Å². The number of phenols is 1. The van der Waals surface area contributed by atoms with E-state index in [1.807, 2.05) is 0 Å². The van der Waals surface area contributed by atoms with Crippen LogP contribution in [0.4, 0.5) is 5.82 Å². The Morgan fingerprint density at radius 3 is 2.76 bits per heavy atom. The number of amides is 1. The first-order chi connectivity index (χ1) is 8.15. The molecule has 86 valence electrons. The highest BCUT2D eigenvalue weighted by Gasteiger charge is 2.07. The lowest BCUT2D eigenvalue weighted by Crippen LogP contribution is -2.12. The average Bonchev–Trinajstić information content (AvgIpc) is 2.32. The van der Waals surface area contributed by atoms with E-state index in [2.05, 4.69) is 31.2 Å². The number of nitrogens with one attached hydrogen (secondary N) is 1. The zero-order chi connectivity index (χ0) is 12.3. The predicted octanol–water partition coefficient (Wildman–Crippen LogP) is 2.20. The predicted molar refractivity (Wildman–Crippen MR) is 65.8 cm³/mol. The number of nitrogens with zero attached hydrogens (tertiary/aromatic N) is 2. The molecule has 1 heterocycles. The van der Waals surface area contributed by atoms with Crippen LogP contribution in [-0.2, 0) is 0 Å². The van der Waals surface area contributed by atoms with E-state index in [-0.39, 0.29) is 11.7 Å². The number of halogens is 1. The highest BCUT2D eigenvalue weighted by Crippen LogP contribution is 2.13. The van der Waals surface area contributed by atoms with Crippen molar-refractivity contribution in [2.45, 2.75) is 0 Å². The van der Waals surface area contributed by atoms with Crippen LogP contribution in [0.15, 0.2) is 41.3 Å². The van der Waals surface area contributed by atoms with Gasteiger partial charge in [-0.1, -0.05) is 6.07 Å². The van der Waals surface area contributed by atoms with Crippen molar-refractivity contribution in [2.75, 3.05) is 5.32 Å². The minimum absolute atomic E-state index is 0.0412. The van der Waals surface area contributed by atoms with Gasteiger partial charge in [-0.3, -0.25) is 4.79 Å². The number of rotatable bonds is 2. The molecule has 2 rings (SSSR count). The molecule has 0 saturated carbocycles. The van der Waals surface area contributed by atoms with Crippen molar-refractivity contribution in [1.82, 2.24) is 9.97 Å². The van der Waals surface area contributed by atoms with E-state index in [1.54, 1.807) is 12.1 Å². The molecular formula is C11H8BrN3O2. The topological polar surface area (TPSA) is 75.1 Å². The Hall–Kier alpha value is -1.95. The maximum absolute atomic E-state index is 11.7. The molecule has 2 aromatic rings. The van der Waals surface area contributed by atoms with Gasteiger partial charge in [-0.2, -0.15) is 0 Å². The molecule has 0 bridgehead atoms. The molecule has 0 aliphatic carbocycles. The summed E-state index contributed by atoms with van der Waals surface area (Å²) in [7, 11) is 0. The Balaban J connectivity index is 2.14. The highest BCUT2D eigenvalue weighted by molar-refractivity contribution is 9.10. The molecule has 0 saturated heterocycles. The molecule has 0 aliphatic heterocycles.